The van der Waals surface area contributed by atoms with Gasteiger partial charge in [-0.05, 0) is 44.7 Å². The summed E-state index contributed by atoms with van der Waals surface area (Å²) in [6.45, 7) is 7.51. The van der Waals surface area contributed by atoms with Crippen LogP contribution in [0.15, 0.2) is 11.2 Å². The molecule has 1 aromatic heterocycles. The lowest BCUT2D eigenvalue weighted by Gasteiger charge is -2.36. The van der Waals surface area contributed by atoms with E-state index in [0.29, 0.717) is 0 Å². The lowest BCUT2D eigenvalue weighted by Crippen LogP contribution is -2.49. The summed E-state index contributed by atoms with van der Waals surface area (Å²) in [6, 6.07) is 0. The van der Waals surface area contributed by atoms with Crippen molar-refractivity contribution in [2.75, 3.05) is 18.0 Å². The van der Waals surface area contributed by atoms with Crippen LogP contribution in [0.3, 0.4) is 0 Å². The van der Waals surface area contributed by atoms with E-state index in [4.69, 9.17) is 0 Å². The van der Waals surface area contributed by atoms with Crippen molar-refractivity contribution in [3.8, 4) is 0 Å². The number of hydrogen-bond donors (Lipinski definition) is 1. The Morgan fingerprint density at radius 1 is 1.25 bits per heavy atom. The van der Waals surface area contributed by atoms with Crippen molar-refractivity contribution in [1.82, 2.24) is 15.5 Å². The van der Waals surface area contributed by atoms with E-state index in [9.17, 15) is 4.79 Å². The van der Waals surface area contributed by atoms with Gasteiger partial charge in [0.1, 0.15) is 11.4 Å². The molecule has 0 atom stereocenters. The average Bonchev–Trinajstić information content (AvgIpc) is 2.69. The zero-order valence-electron chi connectivity index (χ0n) is 12.1. The summed E-state index contributed by atoms with van der Waals surface area (Å²) in [6.07, 6.45) is 3.23. The van der Waals surface area contributed by atoms with Crippen molar-refractivity contribution < 1.29 is 4.79 Å². The molecule has 0 aromatic carbocycles. The van der Waals surface area contributed by atoms with Crippen molar-refractivity contribution in [3.63, 3.8) is 0 Å². The highest BCUT2D eigenvalue weighted by Crippen LogP contribution is 2.32. The summed E-state index contributed by atoms with van der Waals surface area (Å²) in [5.74, 6) is 1.70. The third kappa shape index (κ3) is 1.95. The van der Waals surface area contributed by atoms with Crippen LogP contribution in [0, 0.1) is 13.8 Å². The second-order valence-corrected chi connectivity index (χ2v) is 5.65. The maximum atomic E-state index is 12.1. The molecule has 0 saturated carbocycles. The minimum Gasteiger partial charge on any atom is -0.355 e. The molecule has 0 aliphatic carbocycles. The summed E-state index contributed by atoms with van der Waals surface area (Å²) in [7, 11) is 0. The molecule has 2 aliphatic heterocycles. The Bertz CT molecular complexity index is 587. The Labute approximate surface area is 118 Å². The molecule has 20 heavy (non-hydrogen) atoms. The van der Waals surface area contributed by atoms with Crippen LogP contribution in [-0.2, 0) is 4.79 Å². The number of aryl methyl sites for hydroxylation is 1. The van der Waals surface area contributed by atoms with Crippen LogP contribution in [0.5, 0.6) is 0 Å². The molecule has 1 amide bonds. The number of amides is 1. The fourth-order valence-corrected chi connectivity index (χ4v) is 2.93. The Kier molecular flexibility index (Phi) is 2.96. The van der Waals surface area contributed by atoms with Crippen LogP contribution in [-0.4, -0.2) is 40.6 Å². The van der Waals surface area contributed by atoms with Gasteiger partial charge in [-0.1, -0.05) is 0 Å². The monoisotopic (exact) mass is 273 g/mol. The van der Waals surface area contributed by atoms with Gasteiger partial charge in [0.15, 0.2) is 5.82 Å². The van der Waals surface area contributed by atoms with Gasteiger partial charge >= 0.3 is 0 Å². The van der Waals surface area contributed by atoms with Gasteiger partial charge in [0.2, 0.25) is 0 Å². The molecule has 1 fully saturated rings. The Morgan fingerprint density at radius 2 is 1.95 bits per heavy atom. The number of carbonyl (C=O) groups is 1. The van der Waals surface area contributed by atoms with Gasteiger partial charge in [0, 0.05) is 13.1 Å². The standard InChI is InChI=1S/C14H19N5O/c1-9-8-15-18-12(10(9)2)19-6-4-14(5-7-19)13(20)16-11(3)17-14/h8H,4-7H2,1-3H3,(H,16,17,20). The van der Waals surface area contributed by atoms with Crippen LogP contribution in [0.25, 0.3) is 0 Å². The first-order valence-corrected chi connectivity index (χ1v) is 6.93. The summed E-state index contributed by atoms with van der Waals surface area (Å²) >= 11 is 0. The van der Waals surface area contributed by atoms with E-state index in [0.717, 1.165) is 48.7 Å². The van der Waals surface area contributed by atoms with Gasteiger partial charge in [-0.2, -0.15) is 5.10 Å². The Morgan fingerprint density at radius 3 is 2.55 bits per heavy atom. The van der Waals surface area contributed by atoms with E-state index in [-0.39, 0.29) is 5.91 Å². The molecule has 1 saturated heterocycles. The Hall–Kier alpha value is -1.98. The molecule has 3 rings (SSSR count). The largest absolute Gasteiger partial charge is 0.355 e. The summed E-state index contributed by atoms with van der Waals surface area (Å²) in [5, 5.41) is 11.1. The molecule has 106 valence electrons. The zero-order chi connectivity index (χ0) is 14.3. The van der Waals surface area contributed by atoms with Gasteiger partial charge in [0.05, 0.1) is 6.20 Å². The number of carbonyl (C=O) groups excluding carboxylic acids is 1. The van der Waals surface area contributed by atoms with E-state index >= 15 is 0 Å². The second kappa shape index (κ2) is 4.54. The quantitative estimate of drug-likeness (QED) is 0.828. The minimum atomic E-state index is -0.550. The lowest BCUT2D eigenvalue weighted by atomic mass is 9.88. The van der Waals surface area contributed by atoms with Crippen LogP contribution in [0.2, 0.25) is 0 Å². The summed E-state index contributed by atoms with van der Waals surface area (Å²) in [5.41, 5.74) is 1.75. The number of amidine groups is 1. The molecule has 0 radical (unpaired) electrons. The zero-order valence-corrected chi connectivity index (χ0v) is 12.1. The van der Waals surface area contributed by atoms with E-state index in [1.165, 1.54) is 0 Å². The van der Waals surface area contributed by atoms with Gasteiger partial charge in [-0.3, -0.25) is 9.79 Å². The number of piperidine rings is 1. The van der Waals surface area contributed by atoms with Gasteiger partial charge in [0.25, 0.3) is 5.91 Å². The smallest absolute Gasteiger partial charge is 0.253 e. The first-order chi connectivity index (χ1) is 9.52. The van der Waals surface area contributed by atoms with E-state index < -0.39 is 5.54 Å². The third-order valence-corrected chi connectivity index (χ3v) is 4.32. The number of aromatic nitrogens is 2. The topological polar surface area (TPSA) is 70.5 Å². The number of rotatable bonds is 1. The molecule has 6 heteroatoms. The molecule has 2 aliphatic rings. The molecule has 1 aromatic rings. The molecule has 0 unspecified atom stereocenters. The summed E-state index contributed by atoms with van der Waals surface area (Å²) in [4.78, 5) is 18.8. The maximum Gasteiger partial charge on any atom is 0.253 e. The number of nitrogens with one attached hydrogen (secondary N) is 1. The van der Waals surface area contributed by atoms with E-state index in [2.05, 4.69) is 32.3 Å². The van der Waals surface area contributed by atoms with Gasteiger partial charge in [-0.25, -0.2) is 0 Å². The minimum absolute atomic E-state index is 0.0432. The summed E-state index contributed by atoms with van der Waals surface area (Å²) < 4.78 is 0. The van der Waals surface area contributed by atoms with Crippen LogP contribution < -0.4 is 10.2 Å². The van der Waals surface area contributed by atoms with Crippen molar-refractivity contribution >= 4 is 17.6 Å². The number of hydrogen-bond acceptors (Lipinski definition) is 5. The highest BCUT2D eigenvalue weighted by Gasteiger charge is 2.45. The highest BCUT2D eigenvalue weighted by molar-refractivity contribution is 6.07. The van der Waals surface area contributed by atoms with E-state index in [1.54, 1.807) is 6.20 Å². The van der Waals surface area contributed by atoms with E-state index in [1.807, 2.05) is 13.8 Å². The van der Waals surface area contributed by atoms with Crippen LogP contribution in [0.4, 0.5) is 5.82 Å². The van der Waals surface area contributed by atoms with Crippen molar-refractivity contribution in [2.45, 2.75) is 39.2 Å². The first kappa shape index (κ1) is 13.0. The maximum absolute atomic E-state index is 12.1. The van der Waals surface area contributed by atoms with Crippen LogP contribution >= 0.6 is 0 Å². The van der Waals surface area contributed by atoms with Crippen molar-refractivity contribution in [2.24, 2.45) is 4.99 Å². The van der Waals surface area contributed by atoms with Crippen molar-refractivity contribution in [3.05, 3.63) is 17.3 Å². The average molecular weight is 273 g/mol. The fourth-order valence-electron chi connectivity index (χ4n) is 2.93. The lowest BCUT2D eigenvalue weighted by molar-refractivity contribution is -0.124. The Balaban J connectivity index is 1.79. The van der Waals surface area contributed by atoms with Gasteiger partial charge in [-0.15, -0.1) is 5.10 Å². The first-order valence-electron chi connectivity index (χ1n) is 6.93. The number of anilines is 1. The highest BCUT2D eigenvalue weighted by atomic mass is 16.2. The van der Waals surface area contributed by atoms with Gasteiger partial charge < -0.3 is 10.2 Å². The normalized spacial score (nSPS) is 21.1. The fraction of sp³-hybridized carbons (Fsp3) is 0.571. The molecule has 1 spiro atoms. The molecular weight excluding hydrogens is 254 g/mol. The van der Waals surface area contributed by atoms with Crippen LogP contribution in [0.1, 0.15) is 30.9 Å². The predicted octanol–water partition coefficient (Wildman–Crippen LogP) is 0.981. The molecule has 0 bridgehead atoms. The third-order valence-electron chi connectivity index (χ3n) is 4.32. The number of nitrogens with zero attached hydrogens (tertiary/aromatic N) is 4. The molecule has 3 heterocycles. The second-order valence-electron chi connectivity index (χ2n) is 5.65. The molecule has 1 N–H and O–H groups in total. The SMILES string of the molecule is CC1=NC2(CCN(c3nncc(C)c3C)CC2)C(=O)N1. The predicted molar refractivity (Wildman–Crippen MR) is 76.9 cm³/mol. The van der Waals surface area contributed by atoms with Crippen molar-refractivity contribution in [1.29, 1.82) is 0 Å². The molecular formula is C14H19N5O. The molecule has 6 nitrogen and oxygen atoms in total. The number of aliphatic imine (C=N–C) groups is 1.